The molecule has 25 heavy (non-hydrogen) atoms. The van der Waals surface area contributed by atoms with Crippen LogP contribution in [-0.2, 0) is 10.0 Å². The lowest BCUT2D eigenvalue weighted by atomic mass is 10.0. The lowest BCUT2D eigenvalue weighted by Crippen LogP contribution is -2.47. The van der Waals surface area contributed by atoms with E-state index in [1.807, 2.05) is 0 Å². The lowest BCUT2D eigenvalue weighted by molar-refractivity contribution is 0.266. The molecule has 0 radical (unpaired) electrons. The van der Waals surface area contributed by atoms with Crippen LogP contribution in [0.1, 0.15) is 25.3 Å². The first-order valence-electron chi connectivity index (χ1n) is 8.53. The third-order valence-corrected chi connectivity index (χ3v) is 5.56. The number of piperidine rings is 1. The molecule has 0 aliphatic carbocycles. The van der Waals surface area contributed by atoms with Gasteiger partial charge in [0, 0.05) is 26.7 Å². The summed E-state index contributed by atoms with van der Waals surface area (Å²) < 4.78 is 40.3. The minimum atomic E-state index is -3.56. The molecule has 1 atom stereocenters. The number of sulfonamides is 1. The molecule has 0 spiro atoms. The Hall–Kier alpha value is -1.83. The molecule has 0 saturated carbocycles. The van der Waals surface area contributed by atoms with Crippen molar-refractivity contribution in [2.24, 2.45) is 10.9 Å². The Labute approximate surface area is 149 Å². The average molecular weight is 370 g/mol. The van der Waals surface area contributed by atoms with Crippen molar-refractivity contribution >= 4 is 21.7 Å². The van der Waals surface area contributed by atoms with E-state index < -0.39 is 15.8 Å². The van der Waals surface area contributed by atoms with Crippen molar-refractivity contribution in [2.75, 3.05) is 37.2 Å². The fourth-order valence-electron chi connectivity index (χ4n) is 2.90. The Balaban J connectivity index is 1.87. The number of aliphatic imine (C=N–C) groups is 1. The Morgan fingerprint density at radius 1 is 1.44 bits per heavy atom. The number of benzene rings is 1. The van der Waals surface area contributed by atoms with Crippen molar-refractivity contribution in [1.82, 2.24) is 10.2 Å². The molecule has 0 amide bonds. The number of guanidine groups is 1. The summed E-state index contributed by atoms with van der Waals surface area (Å²) in [5, 5.41) is 3.10. The summed E-state index contributed by atoms with van der Waals surface area (Å²) in [6, 6.07) is 4.29. The molecule has 0 aromatic heterocycles. The molecule has 140 valence electrons. The van der Waals surface area contributed by atoms with Crippen molar-refractivity contribution in [3.8, 4) is 0 Å². The summed E-state index contributed by atoms with van der Waals surface area (Å²) in [6.45, 7) is 5.92. The van der Waals surface area contributed by atoms with Gasteiger partial charge in [0.25, 0.3) is 0 Å². The summed E-state index contributed by atoms with van der Waals surface area (Å²) >= 11 is 0. The second-order valence-electron chi connectivity index (χ2n) is 6.55. The van der Waals surface area contributed by atoms with Crippen molar-refractivity contribution in [3.05, 3.63) is 29.6 Å². The molecule has 1 heterocycles. The number of halogens is 1. The van der Waals surface area contributed by atoms with E-state index >= 15 is 0 Å². The van der Waals surface area contributed by atoms with E-state index in [-0.39, 0.29) is 18.0 Å². The molecule has 1 aromatic rings. The summed E-state index contributed by atoms with van der Waals surface area (Å²) in [6.07, 6.45) is 2.32. The van der Waals surface area contributed by atoms with Gasteiger partial charge in [-0.05, 0) is 43.4 Å². The van der Waals surface area contributed by atoms with Crippen LogP contribution in [0.5, 0.6) is 0 Å². The van der Waals surface area contributed by atoms with Crippen LogP contribution in [0.3, 0.4) is 0 Å². The maximum atomic E-state index is 13.5. The van der Waals surface area contributed by atoms with E-state index in [4.69, 9.17) is 0 Å². The second-order valence-corrected chi connectivity index (χ2v) is 8.39. The summed E-state index contributed by atoms with van der Waals surface area (Å²) in [7, 11) is -1.86. The van der Waals surface area contributed by atoms with Crippen molar-refractivity contribution < 1.29 is 12.8 Å². The molecule has 1 aliphatic heterocycles. The van der Waals surface area contributed by atoms with Gasteiger partial charge < -0.3 is 10.2 Å². The van der Waals surface area contributed by atoms with Crippen molar-refractivity contribution in [3.63, 3.8) is 0 Å². The third kappa shape index (κ3) is 5.88. The van der Waals surface area contributed by atoms with E-state index in [1.165, 1.54) is 12.5 Å². The summed E-state index contributed by atoms with van der Waals surface area (Å²) in [5.41, 5.74) is 0.710. The fraction of sp³-hybridized carbons (Fsp3) is 0.588. The van der Waals surface area contributed by atoms with E-state index in [0.29, 0.717) is 11.5 Å². The number of anilines is 1. The standard InChI is InChI=1S/C17H27FN4O2S/c1-13-5-4-9-22(12-13)17(19-3)20-8-10-25(23,24)21-15-7-6-14(2)16(18)11-15/h6-7,11,13,21H,4-5,8-10,12H2,1-3H3,(H,19,20). The zero-order valence-corrected chi connectivity index (χ0v) is 15.9. The monoisotopic (exact) mass is 370 g/mol. The molecular formula is C17H27FN4O2S. The Morgan fingerprint density at radius 3 is 2.84 bits per heavy atom. The highest BCUT2D eigenvalue weighted by Gasteiger charge is 2.19. The molecule has 6 nitrogen and oxygen atoms in total. The Bertz CT molecular complexity index is 721. The van der Waals surface area contributed by atoms with Gasteiger partial charge in [-0.15, -0.1) is 0 Å². The van der Waals surface area contributed by atoms with Crippen LogP contribution in [0.15, 0.2) is 23.2 Å². The molecule has 1 aromatic carbocycles. The number of nitrogens with zero attached hydrogens (tertiary/aromatic N) is 2. The van der Waals surface area contributed by atoms with Gasteiger partial charge in [0.05, 0.1) is 11.4 Å². The zero-order valence-electron chi connectivity index (χ0n) is 15.0. The topological polar surface area (TPSA) is 73.8 Å². The first-order chi connectivity index (χ1) is 11.8. The molecule has 0 bridgehead atoms. The van der Waals surface area contributed by atoms with Gasteiger partial charge in [0.1, 0.15) is 5.82 Å². The van der Waals surface area contributed by atoms with Crippen LogP contribution in [0.25, 0.3) is 0 Å². The van der Waals surface area contributed by atoms with Crippen LogP contribution >= 0.6 is 0 Å². The van der Waals surface area contributed by atoms with Gasteiger partial charge in [-0.2, -0.15) is 0 Å². The summed E-state index contributed by atoms with van der Waals surface area (Å²) in [4.78, 5) is 6.39. The van der Waals surface area contributed by atoms with Crippen LogP contribution in [0.4, 0.5) is 10.1 Å². The molecule has 2 rings (SSSR count). The van der Waals surface area contributed by atoms with Gasteiger partial charge in [-0.3, -0.25) is 9.71 Å². The minimum Gasteiger partial charge on any atom is -0.355 e. The average Bonchev–Trinajstić information content (AvgIpc) is 2.55. The van der Waals surface area contributed by atoms with Gasteiger partial charge in [0.15, 0.2) is 5.96 Å². The van der Waals surface area contributed by atoms with Crippen molar-refractivity contribution in [1.29, 1.82) is 0 Å². The number of aryl methyl sites for hydroxylation is 1. The fourth-order valence-corrected chi connectivity index (χ4v) is 3.86. The van der Waals surface area contributed by atoms with E-state index in [0.717, 1.165) is 25.5 Å². The van der Waals surface area contributed by atoms with E-state index in [9.17, 15) is 12.8 Å². The first-order valence-corrected chi connectivity index (χ1v) is 10.2. The number of rotatable bonds is 5. The predicted octanol–water partition coefficient (Wildman–Crippen LogP) is 2.18. The van der Waals surface area contributed by atoms with E-state index in [1.54, 1.807) is 26.1 Å². The SMILES string of the molecule is CN=C(NCCS(=O)(=O)Nc1ccc(C)c(F)c1)N1CCCC(C)C1. The molecule has 1 fully saturated rings. The van der Waals surface area contributed by atoms with Gasteiger partial charge >= 0.3 is 0 Å². The van der Waals surface area contributed by atoms with Crippen LogP contribution in [0, 0.1) is 18.7 Å². The Kier molecular flexibility index (Phi) is 6.64. The number of hydrogen-bond donors (Lipinski definition) is 2. The number of nitrogens with one attached hydrogen (secondary N) is 2. The Morgan fingerprint density at radius 2 is 2.20 bits per heavy atom. The predicted molar refractivity (Wildman–Crippen MR) is 99.9 cm³/mol. The normalized spacial score (nSPS) is 19.0. The largest absolute Gasteiger partial charge is 0.355 e. The van der Waals surface area contributed by atoms with Gasteiger partial charge in [0.2, 0.25) is 10.0 Å². The molecule has 2 N–H and O–H groups in total. The van der Waals surface area contributed by atoms with Crippen LogP contribution < -0.4 is 10.0 Å². The number of likely N-dealkylation sites (tertiary alicyclic amines) is 1. The maximum absolute atomic E-state index is 13.5. The number of hydrogen-bond acceptors (Lipinski definition) is 3. The van der Waals surface area contributed by atoms with Crippen LogP contribution in [-0.4, -0.2) is 51.7 Å². The van der Waals surface area contributed by atoms with Crippen LogP contribution in [0.2, 0.25) is 0 Å². The summed E-state index contributed by atoms with van der Waals surface area (Å²) in [5.74, 6) is 0.778. The molecule has 8 heteroatoms. The quantitative estimate of drug-likeness (QED) is 0.615. The highest BCUT2D eigenvalue weighted by molar-refractivity contribution is 7.92. The molecular weight excluding hydrogens is 343 g/mol. The minimum absolute atomic E-state index is 0.120. The van der Waals surface area contributed by atoms with Crippen molar-refractivity contribution in [2.45, 2.75) is 26.7 Å². The molecule has 1 unspecified atom stereocenters. The lowest BCUT2D eigenvalue weighted by Gasteiger charge is -2.33. The maximum Gasteiger partial charge on any atom is 0.234 e. The van der Waals surface area contributed by atoms with Gasteiger partial charge in [-0.1, -0.05) is 13.0 Å². The molecule has 1 aliphatic rings. The smallest absolute Gasteiger partial charge is 0.234 e. The van der Waals surface area contributed by atoms with E-state index in [2.05, 4.69) is 26.9 Å². The zero-order chi connectivity index (χ0) is 18.4. The van der Waals surface area contributed by atoms with Gasteiger partial charge in [-0.25, -0.2) is 12.8 Å². The highest BCUT2D eigenvalue weighted by atomic mass is 32.2. The molecule has 1 saturated heterocycles. The third-order valence-electron chi connectivity index (χ3n) is 4.27. The highest BCUT2D eigenvalue weighted by Crippen LogP contribution is 2.16. The second kappa shape index (κ2) is 8.51. The first kappa shape index (κ1) is 19.5.